The summed E-state index contributed by atoms with van der Waals surface area (Å²) < 4.78 is 0. The Morgan fingerprint density at radius 1 is 1.86 bits per heavy atom. The first-order valence-electron chi connectivity index (χ1n) is 2.21. The molecule has 0 aliphatic heterocycles. The van der Waals surface area contributed by atoms with Crippen molar-refractivity contribution in [1.82, 2.24) is 0 Å². The summed E-state index contributed by atoms with van der Waals surface area (Å²) in [5, 5.41) is 6.72. The van der Waals surface area contributed by atoms with Crippen LogP contribution in [0.15, 0.2) is 12.2 Å². The number of hydrogen-bond acceptors (Lipinski definition) is 1. The smallest absolute Gasteiger partial charge is 0.0943 e. The fraction of sp³-hybridized carbons (Fsp3) is 0.400. The van der Waals surface area contributed by atoms with Gasteiger partial charge in [-0.2, -0.15) is 0 Å². The van der Waals surface area contributed by atoms with E-state index in [0.717, 1.165) is 0 Å². The highest BCUT2D eigenvalue weighted by atomic mass is 14.7. The van der Waals surface area contributed by atoms with Gasteiger partial charge in [0.05, 0.1) is 5.84 Å². The molecule has 0 unspecified atom stereocenters. The van der Waals surface area contributed by atoms with E-state index in [1.54, 1.807) is 0 Å². The van der Waals surface area contributed by atoms with Gasteiger partial charge in [-0.15, -0.1) is 0 Å². The lowest BCUT2D eigenvalue weighted by molar-refractivity contribution is 1.31. The van der Waals surface area contributed by atoms with Crippen LogP contribution in [-0.2, 0) is 0 Å². The van der Waals surface area contributed by atoms with Gasteiger partial charge in [-0.1, -0.05) is 12.2 Å². The minimum Gasteiger partial charge on any atom is -0.387 e. The average Bonchev–Trinajstić information content (AvgIpc) is 1.61. The summed E-state index contributed by atoms with van der Waals surface area (Å²) in [5.74, 6) is 0.220. The van der Waals surface area contributed by atoms with E-state index >= 15 is 0 Å². The Balaban J connectivity index is 3.14. The molecule has 0 saturated carbocycles. The molecule has 0 atom stereocenters. The maximum atomic E-state index is 6.72. The first kappa shape index (κ1) is 6.21. The molecule has 0 amide bonds. The summed E-state index contributed by atoms with van der Waals surface area (Å²) in [5.41, 5.74) is 5.01. The van der Waals surface area contributed by atoms with Crippen LogP contribution in [0.25, 0.3) is 0 Å². The van der Waals surface area contributed by atoms with Crippen LogP contribution >= 0.6 is 0 Å². The van der Waals surface area contributed by atoms with Crippen molar-refractivity contribution in [3.63, 3.8) is 0 Å². The number of nitrogens with one attached hydrogen (secondary N) is 1. The molecule has 0 spiro atoms. The van der Waals surface area contributed by atoms with Gasteiger partial charge in [0.2, 0.25) is 0 Å². The van der Waals surface area contributed by atoms with Crippen LogP contribution in [0.4, 0.5) is 0 Å². The zero-order valence-corrected chi connectivity index (χ0v) is 4.44. The van der Waals surface area contributed by atoms with Gasteiger partial charge < -0.3 is 5.73 Å². The molecule has 0 heterocycles. The van der Waals surface area contributed by atoms with E-state index in [0.29, 0.717) is 6.42 Å². The van der Waals surface area contributed by atoms with Gasteiger partial charge in [0.1, 0.15) is 0 Å². The minimum absolute atomic E-state index is 0.220. The number of nitrogens with two attached hydrogens (primary N) is 1. The van der Waals surface area contributed by atoms with E-state index in [1.807, 2.05) is 19.1 Å². The number of hydrogen-bond donors (Lipinski definition) is 2. The minimum atomic E-state index is 0.220. The SMILES string of the molecule is CC=CCC(=N)N. The van der Waals surface area contributed by atoms with Gasteiger partial charge in [0, 0.05) is 6.42 Å². The van der Waals surface area contributed by atoms with Gasteiger partial charge in [-0.3, -0.25) is 5.41 Å². The maximum absolute atomic E-state index is 6.72. The molecule has 0 rings (SSSR count). The summed E-state index contributed by atoms with van der Waals surface area (Å²) in [6.07, 6.45) is 4.31. The van der Waals surface area contributed by atoms with Crippen molar-refractivity contribution in [3.05, 3.63) is 12.2 Å². The molecular weight excluding hydrogens is 88.1 g/mol. The molecule has 7 heavy (non-hydrogen) atoms. The fourth-order valence-corrected chi connectivity index (χ4v) is 0.245. The highest BCUT2D eigenvalue weighted by molar-refractivity contribution is 5.78. The number of allylic oxidation sites excluding steroid dienone is 1. The van der Waals surface area contributed by atoms with E-state index < -0.39 is 0 Å². The Morgan fingerprint density at radius 2 is 2.43 bits per heavy atom. The first-order valence-corrected chi connectivity index (χ1v) is 2.21. The summed E-state index contributed by atoms with van der Waals surface area (Å²) in [7, 11) is 0. The standard InChI is InChI=1S/C5H10N2/c1-2-3-4-5(6)7/h2-3H,4H2,1H3,(H3,6,7). The second kappa shape index (κ2) is 3.40. The van der Waals surface area contributed by atoms with Crippen molar-refractivity contribution in [2.75, 3.05) is 0 Å². The molecule has 40 valence electrons. The van der Waals surface area contributed by atoms with Crippen LogP contribution < -0.4 is 5.73 Å². The van der Waals surface area contributed by atoms with Crippen LogP contribution in [0, 0.1) is 5.41 Å². The Bertz CT molecular complexity index is 84.1. The van der Waals surface area contributed by atoms with Crippen molar-refractivity contribution >= 4 is 5.84 Å². The molecule has 0 aromatic heterocycles. The van der Waals surface area contributed by atoms with Crippen LogP contribution in [0.1, 0.15) is 13.3 Å². The lowest BCUT2D eigenvalue weighted by atomic mass is 10.4. The number of rotatable bonds is 2. The zero-order valence-electron chi connectivity index (χ0n) is 4.44. The molecule has 0 radical (unpaired) electrons. The first-order chi connectivity index (χ1) is 3.27. The van der Waals surface area contributed by atoms with Crippen molar-refractivity contribution in [1.29, 1.82) is 5.41 Å². The lowest BCUT2D eigenvalue weighted by Crippen LogP contribution is -2.06. The van der Waals surface area contributed by atoms with E-state index in [9.17, 15) is 0 Å². The van der Waals surface area contributed by atoms with Crippen LogP contribution in [-0.4, -0.2) is 5.84 Å². The zero-order chi connectivity index (χ0) is 5.70. The van der Waals surface area contributed by atoms with Gasteiger partial charge >= 0.3 is 0 Å². The van der Waals surface area contributed by atoms with Crippen molar-refractivity contribution in [2.24, 2.45) is 5.73 Å². The third-order valence-corrected chi connectivity index (χ3v) is 0.573. The summed E-state index contributed by atoms with van der Waals surface area (Å²) in [6.45, 7) is 1.91. The van der Waals surface area contributed by atoms with E-state index in [-0.39, 0.29) is 5.84 Å². The molecule has 0 aliphatic rings. The molecule has 0 fully saturated rings. The highest BCUT2D eigenvalue weighted by Gasteiger charge is 1.76. The lowest BCUT2D eigenvalue weighted by Gasteiger charge is -1.83. The van der Waals surface area contributed by atoms with Gasteiger partial charge in [-0.25, -0.2) is 0 Å². The molecule has 0 saturated heterocycles. The third-order valence-electron chi connectivity index (χ3n) is 0.573. The average molecular weight is 98.1 g/mol. The van der Waals surface area contributed by atoms with Crippen LogP contribution in [0.3, 0.4) is 0 Å². The molecule has 0 aromatic rings. The number of amidine groups is 1. The Labute approximate surface area is 43.5 Å². The largest absolute Gasteiger partial charge is 0.387 e. The molecule has 0 bridgehead atoms. The topological polar surface area (TPSA) is 49.9 Å². The third kappa shape index (κ3) is 5.21. The summed E-state index contributed by atoms with van der Waals surface area (Å²) in [6, 6.07) is 0. The highest BCUT2D eigenvalue weighted by Crippen LogP contribution is 1.77. The van der Waals surface area contributed by atoms with Crippen LogP contribution in [0.5, 0.6) is 0 Å². The van der Waals surface area contributed by atoms with Gasteiger partial charge in [-0.05, 0) is 6.92 Å². The molecule has 0 aliphatic carbocycles. The Hall–Kier alpha value is -0.790. The van der Waals surface area contributed by atoms with E-state index in [1.165, 1.54) is 0 Å². The monoisotopic (exact) mass is 98.1 g/mol. The second-order valence-electron chi connectivity index (χ2n) is 1.30. The predicted molar refractivity (Wildman–Crippen MR) is 31.3 cm³/mol. The molecule has 0 aromatic carbocycles. The summed E-state index contributed by atoms with van der Waals surface area (Å²) >= 11 is 0. The van der Waals surface area contributed by atoms with E-state index in [4.69, 9.17) is 11.1 Å². The molecule has 3 N–H and O–H groups in total. The van der Waals surface area contributed by atoms with Crippen molar-refractivity contribution in [3.8, 4) is 0 Å². The molecule has 2 nitrogen and oxygen atoms in total. The molecule has 2 heteroatoms. The quantitative estimate of drug-likeness (QED) is 0.301. The Morgan fingerprint density at radius 3 is 2.57 bits per heavy atom. The molecular formula is C5H10N2. The maximum Gasteiger partial charge on any atom is 0.0943 e. The fourth-order valence-electron chi connectivity index (χ4n) is 0.245. The van der Waals surface area contributed by atoms with E-state index in [2.05, 4.69) is 0 Å². The van der Waals surface area contributed by atoms with Crippen molar-refractivity contribution < 1.29 is 0 Å². The normalized spacial score (nSPS) is 9.86. The van der Waals surface area contributed by atoms with Gasteiger partial charge in [0.15, 0.2) is 0 Å². The second-order valence-corrected chi connectivity index (χ2v) is 1.30. The Kier molecular flexibility index (Phi) is 3.02. The summed E-state index contributed by atoms with van der Waals surface area (Å²) in [4.78, 5) is 0. The van der Waals surface area contributed by atoms with Crippen LogP contribution in [0.2, 0.25) is 0 Å². The predicted octanol–water partition coefficient (Wildman–Crippen LogP) is 0.889. The van der Waals surface area contributed by atoms with Crippen molar-refractivity contribution in [2.45, 2.75) is 13.3 Å². The van der Waals surface area contributed by atoms with Gasteiger partial charge in [0.25, 0.3) is 0 Å².